The van der Waals surface area contributed by atoms with E-state index in [4.69, 9.17) is 18.6 Å². The maximum absolute atomic E-state index is 12.8. The van der Waals surface area contributed by atoms with Gasteiger partial charge in [-0.1, -0.05) is 0 Å². The molecule has 1 saturated heterocycles. The van der Waals surface area contributed by atoms with Crippen LogP contribution >= 0.6 is 0 Å². The number of benzene rings is 1. The van der Waals surface area contributed by atoms with Crippen molar-refractivity contribution in [3.8, 4) is 17.5 Å². The summed E-state index contributed by atoms with van der Waals surface area (Å²) >= 11 is 0. The van der Waals surface area contributed by atoms with Gasteiger partial charge in [0.1, 0.15) is 17.4 Å². The Labute approximate surface area is 155 Å². The van der Waals surface area contributed by atoms with Crippen LogP contribution in [0.25, 0.3) is 11.0 Å². The van der Waals surface area contributed by atoms with Crippen molar-refractivity contribution in [3.63, 3.8) is 0 Å². The van der Waals surface area contributed by atoms with Gasteiger partial charge in [0.2, 0.25) is 0 Å². The Kier molecular flexibility index (Phi) is 4.53. The third-order valence-electron chi connectivity index (χ3n) is 4.47. The lowest BCUT2D eigenvalue weighted by Crippen LogP contribution is -2.30. The summed E-state index contributed by atoms with van der Waals surface area (Å²) in [5.74, 6) is 1.51. The number of amides is 1. The molecular formula is C19H19N3O5. The van der Waals surface area contributed by atoms with Crippen molar-refractivity contribution in [1.82, 2.24) is 14.9 Å². The predicted octanol–water partition coefficient (Wildman–Crippen LogP) is 2.53. The van der Waals surface area contributed by atoms with Gasteiger partial charge in [-0.3, -0.25) is 4.79 Å². The number of methoxy groups -OCH3 is 2. The first kappa shape index (κ1) is 17.1. The van der Waals surface area contributed by atoms with E-state index < -0.39 is 0 Å². The van der Waals surface area contributed by atoms with E-state index in [2.05, 4.69) is 9.97 Å². The number of carbonyl (C=O) groups excluding carboxylic acids is 1. The number of rotatable bonds is 5. The monoisotopic (exact) mass is 369 g/mol. The molecule has 0 N–H and O–H groups in total. The van der Waals surface area contributed by atoms with Crippen LogP contribution in [0.3, 0.4) is 0 Å². The van der Waals surface area contributed by atoms with Crippen LogP contribution in [0.1, 0.15) is 17.0 Å². The van der Waals surface area contributed by atoms with Crippen LogP contribution in [0.5, 0.6) is 17.5 Å². The molecule has 27 heavy (non-hydrogen) atoms. The maximum Gasteiger partial charge on any atom is 0.289 e. The van der Waals surface area contributed by atoms with E-state index in [0.29, 0.717) is 42.6 Å². The van der Waals surface area contributed by atoms with Gasteiger partial charge in [-0.25, -0.2) is 9.97 Å². The molecule has 1 atom stereocenters. The van der Waals surface area contributed by atoms with Crippen molar-refractivity contribution in [3.05, 3.63) is 42.4 Å². The lowest BCUT2D eigenvalue weighted by Gasteiger charge is -2.16. The zero-order valence-corrected chi connectivity index (χ0v) is 15.0. The fraction of sp³-hybridized carbons (Fsp3) is 0.316. The number of nitrogens with zero attached hydrogens (tertiary/aromatic N) is 3. The smallest absolute Gasteiger partial charge is 0.289 e. The molecule has 1 aliphatic heterocycles. The summed E-state index contributed by atoms with van der Waals surface area (Å²) in [6.45, 7) is 1.02. The lowest BCUT2D eigenvalue weighted by atomic mass is 10.2. The van der Waals surface area contributed by atoms with Crippen LogP contribution in [0.4, 0.5) is 0 Å². The van der Waals surface area contributed by atoms with Crippen LogP contribution in [0.15, 0.2) is 41.1 Å². The predicted molar refractivity (Wildman–Crippen MR) is 96.3 cm³/mol. The molecule has 0 radical (unpaired) electrons. The topological polar surface area (TPSA) is 86.9 Å². The zero-order valence-electron chi connectivity index (χ0n) is 15.0. The molecule has 0 bridgehead atoms. The van der Waals surface area contributed by atoms with Crippen LogP contribution in [-0.2, 0) is 0 Å². The molecule has 4 rings (SSSR count). The molecule has 2 aromatic heterocycles. The van der Waals surface area contributed by atoms with Gasteiger partial charge in [-0.15, -0.1) is 0 Å². The van der Waals surface area contributed by atoms with Crippen molar-refractivity contribution in [2.45, 2.75) is 12.5 Å². The van der Waals surface area contributed by atoms with E-state index >= 15 is 0 Å². The molecular weight excluding hydrogens is 350 g/mol. The number of carbonyl (C=O) groups is 1. The fourth-order valence-electron chi connectivity index (χ4n) is 3.11. The van der Waals surface area contributed by atoms with E-state index in [-0.39, 0.29) is 12.0 Å². The summed E-state index contributed by atoms with van der Waals surface area (Å²) in [7, 11) is 3.11. The maximum atomic E-state index is 12.8. The molecule has 0 aliphatic carbocycles. The number of hydrogen-bond acceptors (Lipinski definition) is 7. The highest BCUT2D eigenvalue weighted by Gasteiger charge is 2.31. The Hall–Kier alpha value is -3.29. The second-order valence-electron chi connectivity index (χ2n) is 6.16. The zero-order chi connectivity index (χ0) is 18.8. The molecule has 0 spiro atoms. The van der Waals surface area contributed by atoms with Crippen LogP contribution < -0.4 is 14.2 Å². The molecule has 1 aliphatic rings. The average molecular weight is 369 g/mol. The average Bonchev–Trinajstić information content (AvgIpc) is 3.34. The van der Waals surface area contributed by atoms with Gasteiger partial charge in [0.05, 0.1) is 20.8 Å². The first-order chi connectivity index (χ1) is 13.2. The summed E-state index contributed by atoms with van der Waals surface area (Å²) in [5.41, 5.74) is 0.649. The van der Waals surface area contributed by atoms with E-state index in [0.717, 1.165) is 11.1 Å². The van der Waals surface area contributed by atoms with Gasteiger partial charge in [0.25, 0.3) is 17.7 Å². The molecule has 1 aromatic carbocycles. The Bertz CT molecular complexity index is 971. The standard InChI is InChI=1S/C19H19N3O5/c1-24-13-3-4-15-12(9-13)10-16(27-15)19(23)22-8-5-14(11-22)26-18-17(25-2)20-6-7-21-18/h3-4,6-7,9-10,14H,5,8,11H2,1-2H3/t14-/m0/s1. The third kappa shape index (κ3) is 3.38. The number of hydrogen-bond donors (Lipinski definition) is 0. The van der Waals surface area contributed by atoms with Gasteiger partial charge in [-0.05, 0) is 24.3 Å². The minimum absolute atomic E-state index is 0.164. The molecule has 0 unspecified atom stereocenters. The molecule has 0 saturated carbocycles. The molecule has 8 nitrogen and oxygen atoms in total. The first-order valence-corrected chi connectivity index (χ1v) is 8.56. The second-order valence-corrected chi connectivity index (χ2v) is 6.16. The summed E-state index contributed by atoms with van der Waals surface area (Å²) in [4.78, 5) is 22.7. The van der Waals surface area contributed by atoms with Crippen LogP contribution in [0, 0.1) is 0 Å². The minimum atomic E-state index is -0.177. The summed E-state index contributed by atoms with van der Waals surface area (Å²) in [6, 6.07) is 7.17. The van der Waals surface area contributed by atoms with Crippen molar-refractivity contribution < 1.29 is 23.4 Å². The molecule has 8 heteroatoms. The van der Waals surface area contributed by atoms with Gasteiger partial charge in [0.15, 0.2) is 5.76 Å². The normalized spacial score (nSPS) is 16.5. The second kappa shape index (κ2) is 7.14. The summed E-state index contributed by atoms with van der Waals surface area (Å²) < 4.78 is 21.9. The van der Waals surface area contributed by atoms with Crippen LogP contribution in [0.2, 0.25) is 0 Å². The third-order valence-corrected chi connectivity index (χ3v) is 4.47. The van der Waals surface area contributed by atoms with E-state index in [1.54, 1.807) is 36.4 Å². The highest BCUT2D eigenvalue weighted by Crippen LogP contribution is 2.27. The number of furan rings is 1. The molecule has 140 valence electrons. The largest absolute Gasteiger partial charge is 0.497 e. The Morgan fingerprint density at radius 3 is 2.74 bits per heavy atom. The fourth-order valence-corrected chi connectivity index (χ4v) is 3.11. The van der Waals surface area contributed by atoms with E-state index in [1.807, 2.05) is 6.07 Å². The van der Waals surface area contributed by atoms with Crippen molar-refractivity contribution in [1.29, 1.82) is 0 Å². The quantitative estimate of drug-likeness (QED) is 0.683. The Balaban J connectivity index is 1.46. The SMILES string of the molecule is COc1ccc2oc(C(=O)N3CC[C@H](Oc4nccnc4OC)C3)cc2c1. The van der Waals surface area contributed by atoms with Gasteiger partial charge in [0, 0.05) is 30.7 Å². The van der Waals surface area contributed by atoms with Gasteiger partial charge >= 0.3 is 0 Å². The number of likely N-dealkylation sites (tertiary alicyclic amines) is 1. The first-order valence-electron chi connectivity index (χ1n) is 8.56. The van der Waals surface area contributed by atoms with Crippen molar-refractivity contribution in [2.75, 3.05) is 27.3 Å². The highest BCUT2D eigenvalue weighted by molar-refractivity contribution is 5.96. The van der Waals surface area contributed by atoms with Crippen molar-refractivity contribution in [2.24, 2.45) is 0 Å². The number of fused-ring (bicyclic) bond motifs is 1. The summed E-state index contributed by atoms with van der Waals surface area (Å²) in [5, 5.41) is 0.828. The van der Waals surface area contributed by atoms with E-state index in [9.17, 15) is 4.79 Å². The van der Waals surface area contributed by atoms with Gasteiger partial charge in [-0.2, -0.15) is 0 Å². The highest BCUT2D eigenvalue weighted by atomic mass is 16.5. The van der Waals surface area contributed by atoms with Crippen molar-refractivity contribution >= 4 is 16.9 Å². The van der Waals surface area contributed by atoms with E-state index in [1.165, 1.54) is 13.3 Å². The lowest BCUT2D eigenvalue weighted by molar-refractivity contribution is 0.0741. The molecule has 3 aromatic rings. The summed E-state index contributed by atoms with van der Waals surface area (Å²) in [6.07, 6.45) is 3.59. The molecule has 3 heterocycles. The number of aromatic nitrogens is 2. The van der Waals surface area contributed by atoms with Crippen LogP contribution in [-0.4, -0.2) is 54.2 Å². The van der Waals surface area contributed by atoms with Gasteiger partial charge < -0.3 is 23.5 Å². The Morgan fingerprint density at radius 1 is 1.15 bits per heavy atom. The number of ether oxygens (including phenoxy) is 3. The minimum Gasteiger partial charge on any atom is -0.497 e. The Morgan fingerprint density at radius 2 is 1.96 bits per heavy atom. The molecule has 1 fully saturated rings. The molecule has 1 amide bonds.